The van der Waals surface area contributed by atoms with Crippen molar-refractivity contribution in [1.82, 2.24) is 9.88 Å². The molecule has 23 heavy (non-hydrogen) atoms. The number of hydrogen-bond acceptors (Lipinski definition) is 4. The molecule has 1 aromatic carbocycles. The predicted octanol–water partition coefficient (Wildman–Crippen LogP) is 2.91. The number of pyridine rings is 1. The smallest absolute Gasteiger partial charge is 0.119 e. The number of nitrogens with zero attached hydrogens (tertiary/aromatic N) is 2. The third kappa shape index (κ3) is 6.38. The fraction of sp³-hybridized carbons (Fsp3) is 0.421. The van der Waals surface area contributed by atoms with Gasteiger partial charge in [0.15, 0.2) is 0 Å². The second-order valence-corrected chi connectivity index (χ2v) is 5.63. The summed E-state index contributed by atoms with van der Waals surface area (Å²) in [5.41, 5.74) is 2.37. The molecule has 0 unspecified atom stereocenters. The van der Waals surface area contributed by atoms with Crippen LogP contribution in [0.2, 0.25) is 0 Å². The molecule has 0 saturated heterocycles. The van der Waals surface area contributed by atoms with E-state index in [1.165, 1.54) is 5.56 Å². The summed E-state index contributed by atoms with van der Waals surface area (Å²) in [7, 11) is 1.70. The van der Waals surface area contributed by atoms with Crippen LogP contribution in [0.3, 0.4) is 0 Å². The zero-order valence-corrected chi connectivity index (χ0v) is 13.8. The maximum absolute atomic E-state index is 9.09. The quantitative estimate of drug-likeness (QED) is 0.732. The zero-order chi connectivity index (χ0) is 16.3. The van der Waals surface area contributed by atoms with Gasteiger partial charge >= 0.3 is 0 Å². The molecule has 0 saturated carbocycles. The van der Waals surface area contributed by atoms with Crippen LogP contribution >= 0.6 is 0 Å². The number of aliphatic hydroxyl groups excluding tert-OH is 1. The molecule has 0 atom stereocenters. The highest BCUT2D eigenvalue weighted by Crippen LogP contribution is 2.14. The van der Waals surface area contributed by atoms with Gasteiger partial charge in [-0.15, -0.1) is 0 Å². The van der Waals surface area contributed by atoms with Gasteiger partial charge in [-0.25, -0.2) is 0 Å². The van der Waals surface area contributed by atoms with Crippen LogP contribution in [-0.4, -0.2) is 41.8 Å². The average Bonchev–Trinajstić information content (AvgIpc) is 2.60. The van der Waals surface area contributed by atoms with Crippen LogP contribution in [0.15, 0.2) is 48.7 Å². The van der Waals surface area contributed by atoms with Gasteiger partial charge in [-0.3, -0.25) is 9.88 Å². The Hall–Kier alpha value is -1.91. The van der Waals surface area contributed by atoms with Crippen LogP contribution in [0.5, 0.6) is 5.75 Å². The summed E-state index contributed by atoms with van der Waals surface area (Å²) in [5.74, 6) is 0.910. The van der Waals surface area contributed by atoms with E-state index < -0.39 is 0 Å². The Morgan fingerprint density at radius 1 is 1.09 bits per heavy atom. The molecule has 1 heterocycles. The van der Waals surface area contributed by atoms with Crippen LogP contribution in [0.25, 0.3) is 0 Å². The molecule has 1 aromatic heterocycles. The number of rotatable bonds is 10. The Balaban J connectivity index is 1.84. The molecule has 0 spiro atoms. The van der Waals surface area contributed by atoms with Crippen molar-refractivity contribution < 1.29 is 9.84 Å². The highest BCUT2D eigenvalue weighted by Gasteiger charge is 2.07. The summed E-state index contributed by atoms with van der Waals surface area (Å²) in [4.78, 5) is 6.75. The first kappa shape index (κ1) is 17.4. The number of aromatic nitrogens is 1. The van der Waals surface area contributed by atoms with Gasteiger partial charge in [0.1, 0.15) is 5.75 Å². The lowest BCUT2D eigenvalue weighted by atomic mass is 10.1. The third-order valence-corrected chi connectivity index (χ3v) is 3.82. The molecule has 2 rings (SSSR count). The standard InChI is InChI=1S/C19H26N2O2/c1-23-19-10-4-7-17(15-19)8-5-12-21(13-6-14-22)16-18-9-2-3-11-20-18/h2-4,7,9-11,15,22H,5-6,8,12-14,16H2,1H3. The van der Waals surface area contributed by atoms with Gasteiger partial charge < -0.3 is 9.84 Å². The fourth-order valence-electron chi connectivity index (χ4n) is 2.62. The molecule has 0 aliphatic carbocycles. The molecule has 4 nitrogen and oxygen atoms in total. The molecule has 0 aliphatic heterocycles. The van der Waals surface area contributed by atoms with E-state index >= 15 is 0 Å². The molecular weight excluding hydrogens is 288 g/mol. The van der Waals surface area contributed by atoms with Crippen molar-refractivity contribution in [2.24, 2.45) is 0 Å². The lowest BCUT2D eigenvalue weighted by Crippen LogP contribution is -2.27. The Bertz CT molecular complexity index is 560. The van der Waals surface area contributed by atoms with Crippen molar-refractivity contribution in [2.45, 2.75) is 25.8 Å². The first-order chi connectivity index (χ1) is 11.3. The molecule has 0 radical (unpaired) electrons. The molecule has 0 bridgehead atoms. The Morgan fingerprint density at radius 3 is 2.70 bits per heavy atom. The first-order valence-corrected chi connectivity index (χ1v) is 8.18. The Morgan fingerprint density at radius 2 is 1.96 bits per heavy atom. The van der Waals surface area contributed by atoms with Gasteiger partial charge in [-0.2, -0.15) is 0 Å². The highest BCUT2D eigenvalue weighted by atomic mass is 16.5. The largest absolute Gasteiger partial charge is 0.497 e. The molecule has 0 fully saturated rings. The highest BCUT2D eigenvalue weighted by molar-refractivity contribution is 5.28. The summed E-state index contributed by atoms with van der Waals surface area (Å²) in [6.07, 6.45) is 4.72. The number of ether oxygens (including phenoxy) is 1. The SMILES string of the molecule is COc1cccc(CCCN(CCCO)Cc2ccccn2)c1. The van der Waals surface area contributed by atoms with Crippen LogP contribution in [0.4, 0.5) is 0 Å². The number of methoxy groups -OCH3 is 1. The molecule has 0 amide bonds. The number of aryl methyl sites for hydroxylation is 1. The summed E-state index contributed by atoms with van der Waals surface area (Å²) in [6, 6.07) is 14.2. The topological polar surface area (TPSA) is 45.6 Å². The summed E-state index contributed by atoms with van der Waals surface area (Å²) >= 11 is 0. The van der Waals surface area contributed by atoms with Crippen molar-refractivity contribution in [3.8, 4) is 5.75 Å². The van der Waals surface area contributed by atoms with Crippen molar-refractivity contribution in [3.05, 3.63) is 59.9 Å². The monoisotopic (exact) mass is 314 g/mol. The van der Waals surface area contributed by atoms with Crippen molar-refractivity contribution in [2.75, 3.05) is 26.8 Å². The molecule has 0 aliphatic rings. The minimum Gasteiger partial charge on any atom is -0.497 e. The van der Waals surface area contributed by atoms with Crippen LogP contribution in [0.1, 0.15) is 24.1 Å². The van der Waals surface area contributed by atoms with Gasteiger partial charge in [0, 0.05) is 25.9 Å². The van der Waals surface area contributed by atoms with E-state index in [9.17, 15) is 0 Å². The maximum Gasteiger partial charge on any atom is 0.119 e. The second kappa shape index (κ2) is 9.98. The summed E-state index contributed by atoms with van der Waals surface area (Å²) < 4.78 is 5.27. The Labute approximate surface area is 138 Å². The van der Waals surface area contributed by atoms with E-state index in [-0.39, 0.29) is 6.61 Å². The molecule has 1 N–H and O–H groups in total. The average molecular weight is 314 g/mol. The normalized spacial score (nSPS) is 10.9. The second-order valence-electron chi connectivity index (χ2n) is 5.63. The van der Waals surface area contributed by atoms with Crippen LogP contribution in [-0.2, 0) is 13.0 Å². The van der Waals surface area contributed by atoms with Crippen molar-refractivity contribution in [1.29, 1.82) is 0 Å². The summed E-state index contributed by atoms with van der Waals surface area (Å²) in [5, 5.41) is 9.09. The van der Waals surface area contributed by atoms with Gasteiger partial charge in [0.2, 0.25) is 0 Å². The van der Waals surface area contributed by atoms with Gasteiger partial charge in [-0.05, 0) is 55.6 Å². The number of benzene rings is 1. The van der Waals surface area contributed by atoms with Gasteiger partial charge in [-0.1, -0.05) is 18.2 Å². The molecule has 2 aromatic rings. The first-order valence-electron chi connectivity index (χ1n) is 8.18. The van der Waals surface area contributed by atoms with Gasteiger partial charge in [0.25, 0.3) is 0 Å². The predicted molar refractivity (Wildman–Crippen MR) is 92.5 cm³/mol. The van der Waals surface area contributed by atoms with E-state index in [4.69, 9.17) is 9.84 Å². The number of aliphatic hydroxyl groups is 1. The number of hydrogen-bond donors (Lipinski definition) is 1. The van der Waals surface area contributed by atoms with Crippen molar-refractivity contribution in [3.63, 3.8) is 0 Å². The van der Waals surface area contributed by atoms with Crippen LogP contribution < -0.4 is 4.74 Å². The van der Waals surface area contributed by atoms with E-state index in [0.717, 1.165) is 50.3 Å². The van der Waals surface area contributed by atoms with Crippen LogP contribution in [0, 0.1) is 0 Å². The molecule has 124 valence electrons. The van der Waals surface area contributed by atoms with E-state index in [0.29, 0.717) is 0 Å². The molecular formula is C19H26N2O2. The lowest BCUT2D eigenvalue weighted by Gasteiger charge is -2.21. The molecule has 4 heteroatoms. The van der Waals surface area contributed by atoms with E-state index in [1.54, 1.807) is 7.11 Å². The minimum atomic E-state index is 0.231. The Kier molecular flexibility index (Phi) is 7.57. The third-order valence-electron chi connectivity index (χ3n) is 3.82. The lowest BCUT2D eigenvalue weighted by molar-refractivity contribution is 0.215. The van der Waals surface area contributed by atoms with E-state index in [2.05, 4.69) is 22.0 Å². The minimum absolute atomic E-state index is 0.231. The fourth-order valence-corrected chi connectivity index (χ4v) is 2.62. The maximum atomic E-state index is 9.09. The summed E-state index contributed by atoms with van der Waals surface area (Å²) in [6.45, 7) is 2.95. The van der Waals surface area contributed by atoms with Gasteiger partial charge in [0.05, 0.1) is 12.8 Å². The zero-order valence-electron chi connectivity index (χ0n) is 13.8. The van der Waals surface area contributed by atoms with Crippen molar-refractivity contribution >= 4 is 0 Å². The van der Waals surface area contributed by atoms with E-state index in [1.807, 2.05) is 36.5 Å².